The Morgan fingerprint density at radius 1 is 0.737 bits per heavy atom. The van der Waals surface area contributed by atoms with Crippen LogP contribution >= 0.6 is 0 Å². The summed E-state index contributed by atoms with van der Waals surface area (Å²) in [6, 6.07) is 10.0. The summed E-state index contributed by atoms with van der Waals surface area (Å²) >= 11 is 0. The van der Waals surface area contributed by atoms with Crippen LogP contribution in [-0.4, -0.2) is 6.99 Å². The maximum atomic E-state index is 14.9. The molecule has 0 atom stereocenters. The van der Waals surface area contributed by atoms with Crippen molar-refractivity contribution >= 4 is 17.9 Å². The van der Waals surface area contributed by atoms with Crippen molar-refractivity contribution in [1.29, 1.82) is 0 Å². The Morgan fingerprint density at radius 3 is 1.79 bits per heavy atom. The Labute approximate surface area is 115 Å². The quantitative estimate of drug-likeness (QED) is 0.721. The lowest BCUT2D eigenvalue weighted by Gasteiger charge is -2.15. The second-order valence-corrected chi connectivity index (χ2v) is 5.53. The van der Waals surface area contributed by atoms with Gasteiger partial charge in [-0.2, -0.15) is 0 Å². The summed E-state index contributed by atoms with van der Waals surface area (Å²) < 4.78 is 14.9. The molecule has 19 heavy (non-hydrogen) atoms. The smallest absolute Gasteiger partial charge is 0.322 e. The van der Waals surface area contributed by atoms with Crippen LogP contribution in [0.5, 0.6) is 0 Å². The molecule has 0 saturated heterocycles. The average Bonchev–Trinajstić information content (AvgIpc) is 2.26. The lowest BCUT2D eigenvalue weighted by molar-refractivity contribution is 0.862. The largest absolute Gasteiger partial charge is 0.414 e. The van der Waals surface area contributed by atoms with Crippen molar-refractivity contribution < 1.29 is 4.32 Å². The molecule has 2 heteroatoms. The number of halogens is 1. The van der Waals surface area contributed by atoms with Gasteiger partial charge in [0.1, 0.15) is 0 Å². The highest BCUT2D eigenvalue weighted by atomic mass is 19.1. The van der Waals surface area contributed by atoms with Crippen molar-refractivity contribution in [3.8, 4) is 0 Å². The van der Waals surface area contributed by atoms with E-state index in [0.29, 0.717) is 0 Å². The van der Waals surface area contributed by atoms with E-state index in [-0.39, 0.29) is 0 Å². The normalized spacial score (nSPS) is 10.6. The van der Waals surface area contributed by atoms with Crippen molar-refractivity contribution in [3.05, 3.63) is 58.1 Å². The summed E-state index contributed by atoms with van der Waals surface area (Å²) in [5.74, 6) is 0. The molecule has 0 spiro atoms. The first kappa shape index (κ1) is 13.9. The zero-order valence-electron chi connectivity index (χ0n) is 12.3. The van der Waals surface area contributed by atoms with Gasteiger partial charge >= 0.3 is 6.99 Å². The second-order valence-electron chi connectivity index (χ2n) is 5.53. The molecular formula is C17H20BF. The minimum Gasteiger partial charge on any atom is -0.322 e. The third kappa shape index (κ3) is 2.73. The molecular weight excluding hydrogens is 234 g/mol. The van der Waals surface area contributed by atoms with Crippen LogP contribution in [0, 0.1) is 34.6 Å². The minimum atomic E-state index is -1.04. The van der Waals surface area contributed by atoms with Crippen molar-refractivity contribution in [1.82, 2.24) is 0 Å². The van der Waals surface area contributed by atoms with E-state index in [4.69, 9.17) is 0 Å². The molecule has 2 aromatic carbocycles. The molecule has 0 fully saturated rings. The van der Waals surface area contributed by atoms with E-state index in [1.54, 1.807) is 0 Å². The Morgan fingerprint density at radius 2 is 1.26 bits per heavy atom. The van der Waals surface area contributed by atoms with Gasteiger partial charge in [0.25, 0.3) is 0 Å². The van der Waals surface area contributed by atoms with Gasteiger partial charge in [-0.25, -0.2) is 0 Å². The SMILES string of the molecule is Cc1ccc(B(F)c2c(C)cc(C)cc2C)c(C)c1. The van der Waals surface area contributed by atoms with E-state index in [9.17, 15) is 4.32 Å². The molecule has 0 radical (unpaired) electrons. The molecule has 0 N–H and O–H groups in total. The van der Waals surface area contributed by atoms with E-state index < -0.39 is 6.99 Å². The maximum Gasteiger partial charge on any atom is 0.414 e. The molecule has 0 aliphatic heterocycles. The predicted molar refractivity (Wildman–Crippen MR) is 82.7 cm³/mol. The van der Waals surface area contributed by atoms with Gasteiger partial charge in [0.15, 0.2) is 0 Å². The molecule has 2 rings (SSSR count). The summed E-state index contributed by atoms with van der Waals surface area (Å²) in [6.45, 7) is 9.01. The van der Waals surface area contributed by atoms with E-state index >= 15 is 0 Å². The third-order valence-corrected chi connectivity index (χ3v) is 3.69. The summed E-state index contributed by atoms with van der Waals surface area (Å²) in [5, 5.41) is 0. The van der Waals surface area contributed by atoms with Crippen LogP contribution in [0.2, 0.25) is 0 Å². The monoisotopic (exact) mass is 254 g/mol. The van der Waals surface area contributed by atoms with Gasteiger partial charge in [-0.3, -0.25) is 0 Å². The molecule has 0 saturated carbocycles. The Hall–Kier alpha value is -1.57. The minimum absolute atomic E-state index is 0.778. The van der Waals surface area contributed by atoms with Crippen LogP contribution in [0.1, 0.15) is 27.8 Å². The summed E-state index contributed by atoms with van der Waals surface area (Å²) in [7, 11) is 0. The van der Waals surface area contributed by atoms with Crippen LogP contribution in [0.25, 0.3) is 0 Å². The highest BCUT2D eigenvalue weighted by molar-refractivity contribution is 6.80. The van der Waals surface area contributed by atoms with Crippen LogP contribution < -0.4 is 10.9 Å². The number of hydrogen-bond acceptors (Lipinski definition) is 0. The van der Waals surface area contributed by atoms with Gasteiger partial charge in [-0.1, -0.05) is 58.1 Å². The molecule has 0 amide bonds. The van der Waals surface area contributed by atoms with Crippen molar-refractivity contribution in [2.24, 2.45) is 0 Å². The van der Waals surface area contributed by atoms with Gasteiger partial charge in [-0.05, 0) is 45.5 Å². The Balaban J connectivity index is 2.53. The van der Waals surface area contributed by atoms with Gasteiger partial charge in [0, 0.05) is 0 Å². The summed E-state index contributed by atoms with van der Waals surface area (Å²) in [5.41, 5.74) is 7.04. The maximum absolute atomic E-state index is 14.9. The lowest BCUT2D eigenvalue weighted by atomic mass is 9.54. The first-order chi connectivity index (χ1) is 8.90. The van der Waals surface area contributed by atoms with Crippen LogP contribution in [0.4, 0.5) is 4.32 Å². The summed E-state index contributed by atoms with van der Waals surface area (Å²) in [6.07, 6.45) is 0. The zero-order chi connectivity index (χ0) is 14.2. The molecule has 98 valence electrons. The van der Waals surface area contributed by atoms with Crippen molar-refractivity contribution in [3.63, 3.8) is 0 Å². The lowest BCUT2D eigenvalue weighted by Crippen LogP contribution is -2.42. The molecule has 0 unspecified atom stereocenters. The first-order valence-corrected chi connectivity index (χ1v) is 6.69. The van der Waals surface area contributed by atoms with Gasteiger partial charge in [0.2, 0.25) is 0 Å². The Kier molecular flexibility index (Phi) is 3.79. The average molecular weight is 254 g/mol. The van der Waals surface area contributed by atoms with E-state index in [1.165, 1.54) is 11.1 Å². The van der Waals surface area contributed by atoms with Gasteiger partial charge < -0.3 is 4.32 Å². The zero-order valence-corrected chi connectivity index (χ0v) is 12.3. The van der Waals surface area contributed by atoms with Crippen molar-refractivity contribution in [2.45, 2.75) is 34.6 Å². The van der Waals surface area contributed by atoms with Crippen LogP contribution in [0.3, 0.4) is 0 Å². The summed E-state index contributed by atoms with van der Waals surface area (Å²) in [4.78, 5) is 0. The molecule has 0 aromatic heterocycles. The standard InChI is InChI=1S/C17H20BF/c1-11-6-7-16(13(3)8-11)18(19)17-14(4)9-12(2)10-15(17)5/h6-10H,1-5H3. The van der Waals surface area contributed by atoms with Gasteiger partial charge in [-0.15, -0.1) is 0 Å². The molecule has 0 aliphatic carbocycles. The van der Waals surface area contributed by atoms with Crippen LogP contribution in [-0.2, 0) is 0 Å². The second kappa shape index (κ2) is 5.20. The van der Waals surface area contributed by atoms with E-state index in [1.807, 2.05) is 52.8 Å². The highest BCUT2D eigenvalue weighted by Gasteiger charge is 2.25. The molecule has 0 aliphatic rings. The van der Waals surface area contributed by atoms with E-state index in [2.05, 4.69) is 12.1 Å². The third-order valence-electron chi connectivity index (χ3n) is 3.69. The first-order valence-electron chi connectivity index (χ1n) is 6.69. The molecule has 2 aromatic rings. The fourth-order valence-corrected chi connectivity index (χ4v) is 2.86. The van der Waals surface area contributed by atoms with Crippen molar-refractivity contribution in [2.75, 3.05) is 0 Å². The van der Waals surface area contributed by atoms with Crippen LogP contribution in [0.15, 0.2) is 30.3 Å². The fourth-order valence-electron chi connectivity index (χ4n) is 2.86. The molecule has 0 heterocycles. The number of rotatable bonds is 2. The number of aryl methyl sites for hydroxylation is 5. The Bertz CT molecular complexity index is 594. The molecule has 0 nitrogen and oxygen atoms in total. The highest BCUT2D eigenvalue weighted by Crippen LogP contribution is 2.10. The number of benzene rings is 2. The fraction of sp³-hybridized carbons (Fsp3) is 0.294. The van der Waals surface area contributed by atoms with Gasteiger partial charge in [0.05, 0.1) is 0 Å². The number of hydrogen-bond donors (Lipinski definition) is 0. The van der Waals surface area contributed by atoms with E-state index in [0.717, 1.165) is 27.6 Å². The topological polar surface area (TPSA) is 0 Å². The molecule has 0 bridgehead atoms. The predicted octanol–water partition coefficient (Wildman–Crippen LogP) is 3.30.